The Balaban J connectivity index is 2.46. The molecule has 0 bridgehead atoms. The zero-order chi connectivity index (χ0) is 14.0. The number of halogens is 1. The largest absolute Gasteiger partial charge is 0.394 e. The quantitative estimate of drug-likeness (QED) is 0.655. The number of rotatable bonds is 4. The molecule has 0 unspecified atom stereocenters. The maximum absolute atomic E-state index is 10.8. The van der Waals surface area contributed by atoms with E-state index in [1.807, 2.05) is 0 Å². The highest BCUT2D eigenvalue weighted by molar-refractivity contribution is 6.31. The fourth-order valence-corrected chi connectivity index (χ4v) is 1.90. The second-order valence-electron chi connectivity index (χ2n) is 3.86. The van der Waals surface area contributed by atoms with Crippen LogP contribution in [-0.2, 0) is 6.54 Å². The highest BCUT2D eigenvalue weighted by Gasteiger charge is 2.13. The van der Waals surface area contributed by atoms with E-state index in [2.05, 4.69) is 5.10 Å². The molecular formula is C11H11ClN4O3. The molecule has 100 valence electrons. The molecule has 0 aliphatic heterocycles. The molecule has 0 aliphatic carbocycles. The molecule has 0 amide bonds. The molecule has 1 aromatic carbocycles. The lowest BCUT2D eigenvalue weighted by molar-refractivity contribution is -0.384. The minimum Gasteiger partial charge on any atom is -0.394 e. The molecule has 3 N–H and O–H groups in total. The van der Waals surface area contributed by atoms with Crippen LogP contribution in [0.3, 0.4) is 0 Å². The van der Waals surface area contributed by atoms with Gasteiger partial charge in [-0.05, 0) is 6.07 Å². The second-order valence-corrected chi connectivity index (χ2v) is 4.29. The SMILES string of the molecule is Nc1cc(-c2cc(Cl)cc([N+](=O)[O-])c2)nn1CCO. The van der Waals surface area contributed by atoms with E-state index in [0.29, 0.717) is 17.1 Å². The van der Waals surface area contributed by atoms with Crippen LogP contribution in [0, 0.1) is 10.1 Å². The summed E-state index contributed by atoms with van der Waals surface area (Å²) in [6.07, 6.45) is 0. The lowest BCUT2D eigenvalue weighted by Gasteiger charge is -2.00. The molecule has 0 saturated heterocycles. The van der Waals surface area contributed by atoms with Crippen molar-refractivity contribution < 1.29 is 10.0 Å². The molecular weight excluding hydrogens is 272 g/mol. The van der Waals surface area contributed by atoms with E-state index in [0.717, 1.165) is 0 Å². The lowest BCUT2D eigenvalue weighted by atomic mass is 10.1. The summed E-state index contributed by atoms with van der Waals surface area (Å²) in [5.41, 5.74) is 6.58. The number of aliphatic hydroxyl groups excluding tert-OH is 1. The highest BCUT2D eigenvalue weighted by Crippen LogP contribution is 2.28. The number of nitrogens with two attached hydrogens (primary N) is 1. The summed E-state index contributed by atoms with van der Waals surface area (Å²) >= 11 is 5.84. The number of nitrogen functional groups attached to an aromatic ring is 1. The van der Waals surface area contributed by atoms with Gasteiger partial charge >= 0.3 is 0 Å². The van der Waals surface area contributed by atoms with Crippen molar-refractivity contribution in [1.82, 2.24) is 9.78 Å². The number of nitro groups is 1. The van der Waals surface area contributed by atoms with Crippen molar-refractivity contribution in [2.75, 3.05) is 12.3 Å². The van der Waals surface area contributed by atoms with Crippen molar-refractivity contribution in [3.05, 3.63) is 39.4 Å². The van der Waals surface area contributed by atoms with Crippen LogP contribution in [0.15, 0.2) is 24.3 Å². The topological polar surface area (TPSA) is 107 Å². The maximum atomic E-state index is 10.8. The first kappa shape index (κ1) is 13.3. The minimum absolute atomic E-state index is 0.0962. The average molecular weight is 283 g/mol. The molecule has 7 nitrogen and oxygen atoms in total. The van der Waals surface area contributed by atoms with Crippen LogP contribution < -0.4 is 5.73 Å². The molecule has 0 saturated carbocycles. The van der Waals surface area contributed by atoms with Crippen LogP contribution in [0.25, 0.3) is 11.3 Å². The van der Waals surface area contributed by atoms with Gasteiger partial charge in [0, 0.05) is 28.8 Å². The van der Waals surface area contributed by atoms with Gasteiger partial charge in [-0.15, -0.1) is 0 Å². The Morgan fingerprint density at radius 2 is 2.16 bits per heavy atom. The molecule has 8 heteroatoms. The molecule has 1 heterocycles. The smallest absolute Gasteiger partial charge is 0.271 e. The van der Waals surface area contributed by atoms with Crippen molar-refractivity contribution in [2.24, 2.45) is 0 Å². The first-order valence-electron chi connectivity index (χ1n) is 5.41. The molecule has 0 fully saturated rings. The Hall–Kier alpha value is -2.12. The fourth-order valence-electron chi connectivity index (χ4n) is 1.67. The molecule has 2 rings (SSSR count). The number of hydrogen-bond acceptors (Lipinski definition) is 5. The third-order valence-corrected chi connectivity index (χ3v) is 2.73. The average Bonchev–Trinajstić information content (AvgIpc) is 2.71. The Bertz CT molecular complexity index is 626. The van der Waals surface area contributed by atoms with Crippen molar-refractivity contribution >= 4 is 23.1 Å². The van der Waals surface area contributed by atoms with Gasteiger partial charge in [0.05, 0.1) is 23.8 Å². The van der Waals surface area contributed by atoms with Crippen LogP contribution in [0.2, 0.25) is 5.02 Å². The van der Waals surface area contributed by atoms with Gasteiger partial charge < -0.3 is 10.8 Å². The van der Waals surface area contributed by atoms with Crippen LogP contribution in [0.1, 0.15) is 0 Å². The van der Waals surface area contributed by atoms with Gasteiger partial charge in [-0.2, -0.15) is 5.10 Å². The van der Waals surface area contributed by atoms with Crippen molar-refractivity contribution in [3.8, 4) is 11.3 Å². The molecule has 0 spiro atoms. The Labute approximate surface area is 113 Å². The van der Waals surface area contributed by atoms with Crippen LogP contribution in [0.4, 0.5) is 11.5 Å². The van der Waals surface area contributed by atoms with Crippen LogP contribution in [-0.4, -0.2) is 26.4 Å². The standard InChI is InChI=1S/C11H11ClN4O3/c12-8-3-7(4-9(5-8)16(18)19)10-6-11(13)15(14-10)1-2-17/h3-6,17H,1-2,13H2. The summed E-state index contributed by atoms with van der Waals surface area (Å²) in [6, 6.07) is 5.78. The van der Waals surface area contributed by atoms with Gasteiger partial charge in [0.25, 0.3) is 5.69 Å². The number of anilines is 1. The van der Waals surface area contributed by atoms with E-state index in [1.54, 1.807) is 12.1 Å². The Morgan fingerprint density at radius 1 is 1.42 bits per heavy atom. The molecule has 0 aliphatic rings. The highest BCUT2D eigenvalue weighted by atomic mass is 35.5. The minimum atomic E-state index is -0.524. The van der Waals surface area contributed by atoms with E-state index in [1.165, 1.54) is 16.8 Å². The number of nitrogens with zero attached hydrogens (tertiary/aromatic N) is 3. The van der Waals surface area contributed by atoms with Crippen molar-refractivity contribution in [2.45, 2.75) is 6.54 Å². The van der Waals surface area contributed by atoms with Gasteiger partial charge in [-0.25, -0.2) is 4.68 Å². The first-order valence-corrected chi connectivity index (χ1v) is 5.78. The van der Waals surface area contributed by atoms with E-state index in [4.69, 9.17) is 22.4 Å². The zero-order valence-electron chi connectivity index (χ0n) is 9.78. The third kappa shape index (κ3) is 2.83. The Kier molecular flexibility index (Phi) is 3.68. The van der Waals surface area contributed by atoms with E-state index >= 15 is 0 Å². The first-order chi connectivity index (χ1) is 9.01. The summed E-state index contributed by atoms with van der Waals surface area (Å²) in [7, 11) is 0. The maximum Gasteiger partial charge on any atom is 0.271 e. The normalized spacial score (nSPS) is 10.6. The molecule has 2 aromatic rings. The number of aromatic nitrogens is 2. The molecule has 1 aromatic heterocycles. The second kappa shape index (κ2) is 5.25. The summed E-state index contributed by atoms with van der Waals surface area (Å²) in [4.78, 5) is 10.3. The van der Waals surface area contributed by atoms with Gasteiger partial charge in [0.15, 0.2) is 0 Å². The van der Waals surface area contributed by atoms with Gasteiger partial charge in [-0.1, -0.05) is 11.6 Å². The van der Waals surface area contributed by atoms with E-state index < -0.39 is 4.92 Å². The lowest BCUT2D eigenvalue weighted by Crippen LogP contribution is -2.07. The molecule has 0 radical (unpaired) electrons. The van der Waals surface area contributed by atoms with Crippen molar-refractivity contribution in [1.29, 1.82) is 0 Å². The predicted octanol–water partition coefficient (Wildman–Crippen LogP) is 1.69. The summed E-state index contributed by atoms with van der Waals surface area (Å²) in [6.45, 7) is 0.162. The Morgan fingerprint density at radius 3 is 2.79 bits per heavy atom. The summed E-state index contributed by atoms with van der Waals surface area (Å²) < 4.78 is 1.42. The fraction of sp³-hybridized carbons (Fsp3) is 0.182. The number of hydrogen-bond donors (Lipinski definition) is 2. The van der Waals surface area contributed by atoms with Gasteiger partial charge in [0.1, 0.15) is 5.82 Å². The number of benzene rings is 1. The number of nitro benzene ring substituents is 1. The number of aliphatic hydroxyl groups is 1. The predicted molar refractivity (Wildman–Crippen MR) is 70.8 cm³/mol. The molecule has 19 heavy (non-hydrogen) atoms. The monoisotopic (exact) mass is 282 g/mol. The van der Waals surface area contributed by atoms with Gasteiger partial charge in [0.2, 0.25) is 0 Å². The van der Waals surface area contributed by atoms with Crippen molar-refractivity contribution in [3.63, 3.8) is 0 Å². The summed E-state index contributed by atoms with van der Waals surface area (Å²) in [5.74, 6) is 0.367. The van der Waals surface area contributed by atoms with Crippen LogP contribution >= 0.6 is 11.6 Å². The van der Waals surface area contributed by atoms with Crippen LogP contribution in [0.5, 0.6) is 0 Å². The zero-order valence-corrected chi connectivity index (χ0v) is 10.5. The third-order valence-electron chi connectivity index (χ3n) is 2.51. The number of non-ortho nitro benzene ring substituents is 1. The van der Waals surface area contributed by atoms with E-state index in [-0.39, 0.29) is 23.9 Å². The van der Waals surface area contributed by atoms with E-state index in [9.17, 15) is 10.1 Å². The summed E-state index contributed by atoms with van der Waals surface area (Å²) in [5, 5.41) is 24.0. The molecule has 0 atom stereocenters. The van der Waals surface area contributed by atoms with Gasteiger partial charge in [-0.3, -0.25) is 10.1 Å².